The first-order valence-electron chi connectivity index (χ1n) is 48.8. The van der Waals surface area contributed by atoms with Gasteiger partial charge in [0.05, 0.1) is 26.4 Å². The molecular formula is C94H184O17P2. The van der Waals surface area contributed by atoms with Crippen molar-refractivity contribution in [2.45, 2.75) is 540 Å². The van der Waals surface area contributed by atoms with Crippen molar-refractivity contribution in [2.24, 2.45) is 0 Å². The number of rotatable bonds is 95. The zero-order valence-corrected chi connectivity index (χ0v) is 76.2. The Bertz CT molecular complexity index is 2120. The predicted molar refractivity (Wildman–Crippen MR) is 469 cm³/mol. The van der Waals surface area contributed by atoms with Gasteiger partial charge in [-0.1, -0.05) is 471 Å². The highest BCUT2D eigenvalue weighted by molar-refractivity contribution is 7.47. The molecule has 0 aliphatic carbocycles. The molecule has 0 aromatic carbocycles. The standard InChI is InChI=1S/C94H184O17P2/c1-5-9-13-17-21-25-28-31-34-37-40-43-46-49-52-55-58-61-65-69-73-77-81-94(99)111-90(85-105-92(97)79-75-71-67-63-59-56-53-50-47-44-41-38-35-32-29-26-22-18-14-10-6-2)87-109-113(102,103)107-83-88(95)82-106-112(100,101)108-86-89(84-104-91(96)78-74-70-66-62-24-20-16-12-8-4)110-93(98)80-76-72-68-64-60-57-54-51-48-45-42-39-36-33-30-27-23-19-15-11-7-3/h88-90,95H,5-87H2,1-4H3,(H,100,101)(H,102,103)/t88-,89+,90+/m0/s1. The summed E-state index contributed by atoms with van der Waals surface area (Å²) in [4.78, 5) is 73.4. The molecule has 0 amide bonds. The zero-order valence-electron chi connectivity index (χ0n) is 74.4. The number of hydrogen-bond acceptors (Lipinski definition) is 15. The molecule has 672 valence electrons. The molecule has 0 heterocycles. The molecule has 2 unspecified atom stereocenters. The molecule has 0 spiro atoms. The van der Waals surface area contributed by atoms with Crippen molar-refractivity contribution in [1.29, 1.82) is 0 Å². The Morgan fingerprint density at radius 3 is 0.522 bits per heavy atom. The maximum absolute atomic E-state index is 13.2. The number of hydrogen-bond donors (Lipinski definition) is 3. The van der Waals surface area contributed by atoms with E-state index in [0.717, 1.165) is 89.9 Å². The van der Waals surface area contributed by atoms with E-state index in [1.165, 1.54) is 353 Å². The Morgan fingerprint density at radius 1 is 0.212 bits per heavy atom. The van der Waals surface area contributed by atoms with Gasteiger partial charge in [0.2, 0.25) is 0 Å². The number of phosphoric acid groups is 2. The van der Waals surface area contributed by atoms with Crippen molar-refractivity contribution >= 4 is 39.5 Å². The van der Waals surface area contributed by atoms with Crippen LogP contribution in [0.5, 0.6) is 0 Å². The second kappa shape index (κ2) is 87.9. The smallest absolute Gasteiger partial charge is 0.462 e. The van der Waals surface area contributed by atoms with Gasteiger partial charge >= 0.3 is 39.5 Å². The summed E-state index contributed by atoms with van der Waals surface area (Å²) in [6.07, 6.45) is 86.5. The van der Waals surface area contributed by atoms with Gasteiger partial charge in [-0.3, -0.25) is 37.3 Å². The summed E-state index contributed by atoms with van der Waals surface area (Å²) in [5.74, 6) is -2.09. The molecule has 0 aromatic rings. The van der Waals surface area contributed by atoms with Crippen LogP contribution >= 0.6 is 15.6 Å². The third-order valence-electron chi connectivity index (χ3n) is 22.4. The highest BCUT2D eigenvalue weighted by Crippen LogP contribution is 2.45. The molecule has 0 bridgehead atoms. The second-order valence-corrected chi connectivity index (χ2v) is 36.7. The predicted octanol–water partition coefficient (Wildman–Crippen LogP) is 29.6. The van der Waals surface area contributed by atoms with E-state index >= 15 is 0 Å². The van der Waals surface area contributed by atoms with Crippen molar-refractivity contribution in [3.63, 3.8) is 0 Å². The first-order valence-corrected chi connectivity index (χ1v) is 51.8. The van der Waals surface area contributed by atoms with E-state index in [0.29, 0.717) is 25.7 Å². The summed E-state index contributed by atoms with van der Waals surface area (Å²) in [5.41, 5.74) is 0. The first kappa shape index (κ1) is 111. The molecule has 0 aromatic heterocycles. The maximum atomic E-state index is 13.2. The van der Waals surface area contributed by atoms with Crippen LogP contribution in [0.2, 0.25) is 0 Å². The molecule has 0 fully saturated rings. The van der Waals surface area contributed by atoms with Crippen LogP contribution in [0.3, 0.4) is 0 Å². The Balaban J connectivity index is 5.17. The molecule has 0 aliphatic heterocycles. The van der Waals surface area contributed by atoms with Crippen molar-refractivity contribution in [2.75, 3.05) is 39.6 Å². The number of unbranched alkanes of at least 4 members (excludes halogenated alkanes) is 69. The van der Waals surface area contributed by atoms with Crippen LogP contribution in [0.1, 0.15) is 522 Å². The minimum atomic E-state index is -4.97. The summed E-state index contributed by atoms with van der Waals surface area (Å²) in [5, 5.41) is 10.7. The summed E-state index contributed by atoms with van der Waals surface area (Å²) in [7, 11) is -9.93. The molecule has 0 saturated carbocycles. The Labute approximate surface area is 696 Å². The number of aliphatic hydroxyl groups is 1. The van der Waals surface area contributed by atoms with Gasteiger partial charge in [-0.25, -0.2) is 9.13 Å². The monoisotopic (exact) mass is 1650 g/mol. The lowest BCUT2D eigenvalue weighted by Crippen LogP contribution is -2.30. The van der Waals surface area contributed by atoms with Gasteiger partial charge in [0, 0.05) is 25.7 Å². The van der Waals surface area contributed by atoms with E-state index in [9.17, 15) is 43.2 Å². The molecular weight excluding hydrogens is 1460 g/mol. The van der Waals surface area contributed by atoms with E-state index in [4.69, 9.17) is 37.0 Å². The fourth-order valence-corrected chi connectivity index (χ4v) is 16.5. The van der Waals surface area contributed by atoms with E-state index in [1.807, 2.05) is 0 Å². The number of esters is 4. The van der Waals surface area contributed by atoms with Crippen molar-refractivity contribution in [3.05, 3.63) is 0 Å². The van der Waals surface area contributed by atoms with Crippen LogP contribution in [0.25, 0.3) is 0 Å². The molecule has 3 N–H and O–H groups in total. The number of aliphatic hydroxyl groups excluding tert-OH is 1. The van der Waals surface area contributed by atoms with Crippen LogP contribution in [0, 0.1) is 0 Å². The molecule has 17 nitrogen and oxygen atoms in total. The summed E-state index contributed by atoms with van der Waals surface area (Å²) < 4.78 is 69.1. The topological polar surface area (TPSA) is 237 Å². The van der Waals surface area contributed by atoms with E-state index < -0.39 is 97.5 Å². The van der Waals surface area contributed by atoms with Crippen molar-refractivity contribution in [3.8, 4) is 0 Å². The largest absolute Gasteiger partial charge is 0.472 e. The lowest BCUT2D eigenvalue weighted by molar-refractivity contribution is -0.161. The number of phosphoric ester groups is 2. The second-order valence-electron chi connectivity index (χ2n) is 33.8. The Hall–Kier alpha value is -1.94. The van der Waals surface area contributed by atoms with Gasteiger partial charge in [-0.2, -0.15) is 0 Å². The minimum absolute atomic E-state index is 0.110. The van der Waals surface area contributed by atoms with Gasteiger partial charge < -0.3 is 33.8 Å². The summed E-state index contributed by atoms with van der Waals surface area (Å²) in [6.45, 7) is 5.08. The molecule has 0 rings (SSSR count). The van der Waals surface area contributed by atoms with E-state index in [2.05, 4.69) is 27.7 Å². The Kier molecular flexibility index (Phi) is 86.4. The van der Waals surface area contributed by atoms with Crippen molar-refractivity contribution < 1.29 is 80.2 Å². The van der Waals surface area contributed by atoms with Gasteiger partial charge in [0.25, 0.3) is 0 Å². The number of ether oxygens (including phenoxy) is 4. The van der Waals surface area contributed by atoms with Crippen LogP contribution in [-0.2, 0) is 65.4 Å². The minimum Gasteiger partial charge on any atom is -0.462 e. The zero-order chi connectivity index (χ0) is 82.4. The first-order chi connectivity index (χ1) is 55.2. The molecule has 19 heteroatoms. The van der Waals surface area contributed by atoms with Gasteiger partial charge in [-0.15, -0.1) is 0 Å². The van der Waals surface area contributed by atoms with Crippen molar-refractivity contribution in [1.82, 2.24) is 0 Å². The van der Waals surface area contributed by atoms with E-state index in [-0.39, 0.29) is 25.7 Å². The normalized spacial score (nSPS) is 13.6. The maximum Gasteiger partial charge on any atom is 0.472 e. The van der Waals surface area contributed by atoms with Crippen LogP contribution in [-0.4, -0.2) is 96.7 Å². The van der Waals surface area contributed by atoms with Gasteiger partial charge in [0.1, 0.15) is 19.3 Å². The molecule has 0 saturated heterocycles. The van der Waals surface area contributed by atoms with Gasteiger partial charge in [0.15, 0.2) is 12.2 Å². The molecule has 0 aliphatic rings. The lowest BCUT2D eigenvalue weighted by atomic mass is 10.0. The number of carbonyl (C=O) groups excluding carboxylic acids is 4. The third-order valence-corrected chi connectivity index (χ3v) is 24.3. The summed E-state index contributed by atoms with van der Waals surface area (Å²) >= 11 is 0. The average molecular weight is 1650 g/mol. The quantitative estimate of drug-likeness (QED) is 0.0222. The lowest BCUT2D eigenvalue weighted by Gasteiger charge is -2.21. The highest BCUT2D eigenvalue weighted by atomic mass is 31.2. The molecule has 113 heavy (non-hydrogen) atoms. The SMILES string of the molecule is CCCCCCCCCCCCCCCCCCCCCCCCC(=O)O[C@H](COC(=O)CCCCCCCCCCCCCCCCCCCCCCC)COP(=O)(O)OC[C@@H](O)COP(=O)(O)OC[C@@H](COC(=O)CCCCCCCCCCC)OC(=O)CCCCCCCCCCCCCCCCCCCCCCC. The van der Waals surface area contributed by atoms with Gasteiger partial charge in [-0.05, 0) is 25.7 Å². The fraction of sp³-hybridized carbons (Fsp3) is 0.957. The molecule has 0 radical (unpaired) electrons. The average Bonchev–Trinajstić information content (AvgIpc) is 0.897. The molecule has 5 atom stereocenters. The summed E-state index contributed by atoms with van der Waals surface area (Å²) in [6, 6.07) is 0. The fourth-order valence-electron chi connectivity index (χ4n) is 14.9. The number of carbonyl (C=O) groups is 4. The third kappa shape index (κ3) is 87.7. The Morgan fingerprint density at radius 2 is 0.354 bits per heavy atom. The van der Waals surface area contributed by atoms with Crippen LogP contribution in [0.15, 0.2) is 0 Å². The van der Waals surface area contributed by atoms with E-state index in [1.54, 1.807) is 0 Å². The van der Waals surface area contributed by atoms with Crippen LogP contribution in [0.4, 0.5) is 0 Å². The van der Waals surface area contributed by atoms with Crippen LogP contribution < -0.4 is 0 Å². The highest BCUT2D eigenvalue weighted by Gasteiger charge is 2.31.